The van der Waals surface area contributed by atoms with Gasteiger partial charge in [0.15, 0.2) is 0 Å². The Morgan fingerprint density at radius 2 is 2.33 bits per heavy atom. The van der Waals surface area contributed by atoms with E-state index in [1.54, 1.807) is 17.5 Å². The van der Waals surface area contributed by atoms with Gasteiger partial charge in [0.05, 0.1) is 5.01 Å². The molecule has 0 bridgehead atoms. The minimum atomic E-state index is 0.894. The van der Waals surface area contributed by atoms with Crippen LogP contribution in [0.1, 0.15) is 10.6 Å². The van der Waals surface area contributed by atoms with Crippen molar-refractivity contribution in [3.8, 4) is 0 Å². The van der Waals surface area contributed by atoms with Gasteiger partial charge in [0.2, 0.25) is 0 Å². The highest BCUT2D eigenvalue weighted by Gasteiger charge is 1.96. The van der Waals surface area contributed by atoms with E-state index in [1.165, 1.54) is 5.56 Å². The van der Waals surface area contributed by atoms with Gasteiger partial charge in [0.25, 0.3) is 0 Å². The van der Waals surface area contributed by atoms with Crippen molar-refractivity contribution in [3.63, 3.8) is 0 Å². The van der Waals surface area contributed by atoms with Crippen molar-refractivity contribution >= 4 is 11.3 Å². The summed E-state index contributed by atoms with van der Waals surface area (Å²) in [6, 6.07) is 4.01. The van der Waals surface area contributed by atoms with Gasteiger partial charge in [-0.2, -0.15) is 0 Å². The summed E-state index contributed by atoms with van der Waals surface area (Å²) >= 11 is 1.68. The molecule has 0 aromatic carbocycles. The lowest BCUT2D eigenvalue weighted by Gasteiger charge is -1.94. The summed E-state index contributed by atoms with van der Waals surface area (Å²) in [5.41, 5.74) is 1.22. The Kier molecular flexibility index (Phi) is 2.14. The molecule has 0 radical (unpaired) electrons. The van der Waals surface area contributed by atoms with Crippen LogP contribution >= 0.6 is 11.3 Å². The van der Waals surface area contributed by atoms with Gasteiger partial charge in [-0.3, -0.25) is 4.98 Å². The van der Waals surface area contributed by atoms with Crippen molar-refractivity contribution in [2.75, 3.05) is 0 Å². The van der Waals surface area contributed by atoms with Crippen molar-refractivity contribution in [3.05, 3.63) is 46.7 Å². The lowest BCUT2D eigenvalue weighted by Crippen LogP contribution is -1.86. The SMILES string of the molecule is c1cncc(Cc2nccs2)c1. The van der Waals surface area contributed by atoms with Crippen LogP contribution in [0.3, 0.4) is 0 Å². The van der Waals surface area contributed by atoms with Gasteiger partial charge in [0.1, 0.15) is 0 Å². The number of pyridine rings is 1. The first-order chi connectivity index (χ1) is 5.95. The zero-order chi connectivity index (χ0) is 8.23. The molecule has 12 heavy (non-hydrogen) atoms. The maximum Gasteiger partial charge on any atom is 0.0969 e. The smallest absolute Gasteiger partial charge is 0.0969 e. The Bertz CT molecular complexity index is 329. The van der Waals surface area contributed by atoms with Crippen LogP contribution in [0.4, 0.5) is 0 Å². The fourth-order valence-electron chi connectivity index (χ4n) is 1.02. The summed E-state index contributed by atoms with van der Waals surface area (Å²) in [6.07, 6.45) is 6.38. The van der Waals surface area contributed by atoms with E-state index in [9.17, 15) is 0 Å². The Balaban J connectivity index is 2.15. The highest BCUT2D eigenvalue weighted by Crippen LogP contribution is 2.09. The minimum Gasteiger partial charge on any atom is -0.264 e. The fourth-order valence-corrected chi connectivity index (χ4v) is 1.67. The number of hydrogen-bond donors (Lipinski definition) is 0. The maximum atomic E-state index is 4.20. The van der Waals surface area contributed by atoms with E-state index in [0.717, 1.165) is 11.4 Å². The normalized spacial score (nSPS) is 10.0. The molecule has 0 amide bonds. The van der Waals surface area contributed by atoms with Crippen molar-refractivity contribution in [2.45, 2.75) is 6.42 Å². The summed E-state index contributed by atoms with van der Waals surface area (Å²) in [7, 11) is 0. The van der Waals surface area contributed by atoms with E-state index in [2.05, 4.69) is 16.0 Å². The van der Waals surface area contributed by atoms with Crippen LogP contribution in [0.2, 0.25) is 0 Å². The predicted molar refractivity (Wildman–Crippen MR) is 49.2 cm³/mol. The second kappa shape index (κ2) is 3.45. The average Bonchev–Trinajstić information content (AvgIpc) is 2.59. The quantitative estimate of drug-likeness (QED) is 0.700. The van der Waals surface area contributed by atoms with E-state index in [0.29, 0.717) is 0 Å². The molecule has 0 N–H and O–H groups in total. The number of rotatable bonds is 2. The zero-order valence-corrected chi connectivity index (χ0v) is 7.29. The second-order valence-electron chi connectivity index (χ2n) is 2.46. The summed E-state index contributed by atoms with van der Waals surface area (Å²) in [6.45, 7) is 0. The largest absolute Gasteiger partial charge is 0.264 e. The zero-order valence-electron chi connectivity index (χ0n) is 6.47. The van der Waals surface area contributed by atoms with E-state index in [-0.39, 0.29) is 0 Å². The van der Waals surface area contributed by atoms with Gasteiger partial charge in [-0.25, -0.2) is 4.98 Å². The summed E-state index contributed by atoms with van der Waals surface area (Å²) < 4.78 is 0. The van der Waals surface area contributed by atoms with Crippen molar-refractivity contribution in [1.82, 2.24) is 9.97 Å². The molecule has 2 nitrogen and oxygen atoms in total. The van der Waals surface area contributed by atoms with Gasteiger partial charge in [-0.1, -0.05) is 6.07 Å². The monoisotopic (exact) mass is 176 g/mol. The van der Waals surface area contributed by atoms with Crippen LogP contribution in [0, 0.1) is 0 Å². The minimum absolute atomic E-state index is 0.894. The molecule has 0 unspecified atom stereocenters. The molecule has 60 valence electrons. The third kappa shape index (κ3) is 1.68. The van der Waals surface area contributed by atoms with Crippen LogP contribution in [-0.2, 0) is 6.42 Å². The molecule has 2 aromatic rings. The third-order valence-corrected chi connectivity index (χ3v) is 2.34. The number of nitrogens with zero attached hydrogens (tertiary/aromatic N) is 2. The molecular weight excluding hydrogens is 168 g/mol. The van der Waals surface area contributed by atoms with Crippen LogP contribution in [-0.4, -0.2) is 9.97 Å². The molecule has 2 heterocycles. The molecule has 0 saturated heterocycles. The van der Waals surface area contributed by atoms with Gasteiger partial charge in [-0.05, 0) is 11.6 Å². The molecular formula is C9H8N2S. The number of hydrogen-bond acceptors (Lipinski definition) is 3. The second-order valence-corrected chi connectivity index (χ2v) is 3.44. The average molecular weight is 176 g/mol. The molecule has 3 heteroatoms. The molecule has 0 aliphatic carbocycles. The summed E-state index contributed by atoms with van der Waals surface area (Å²) in [5, 5.41) is 3.13. The first kappa shape index (κ1) is 7.43. The van der Waals surface area contributed by atoms with Crippen molar-refractivity contribution in [1.29, 1.82) is 0 Å². The first-order valence-corrected chi connectivity index (χ1v) is 4.60. The lowest BCUT2D eigenvalue weighted by atomic mass is 10.2. The third-order valence-electron chi connectivity index (χ3n) is 1.56. The Labute approximate surface area is 74.9 Å². The molecule has 0 saturated carbocycles. The molecule has 2 rings (SSSR count). The number of aromatic nitrogens is 2. The molecule has 0 aliphatic heterocycles. The Hall–Kier alpha value is -1.22. The summed E-state index contributed by atoms with van der Waals surface area (Å²) in [5.74, 6) is 0. The highest BCUT2D eigenvalue weighted by atomic mass is 32.1. The van der Waals surface area contributed by atoms with E-state index in [4.69, 9.17) is 0 Å². The molecule has 0 atom stereocenters. The number of thiazole rings is 1. The van der Waals surface area contributed by atoms with Crippen LogP contribution in [0.25, 0.3) is 0 Å². The van der Waals surface area contributed by atoms with E-state index in [1.807, 2.05) is 23.8 Å². The van der Waals surface area contributed by atoms with Gasteiger partial charge >= 0.3 is 0 Å². The van der Waals surface area contributed by atoms with Crippen LogP contribution < -0.4 is 0 Å². The predicted octanol–water partition coefficient (Wildman–Crippen LogP) is 2.13. The Morgan fingerprint density at radius 1 is 1.33 bits per heavy atom. The standard InChI is InChI=1S/C9H8N2S/c1-2-8(7-10-3-1)6-9-11-4-5-12-9/h1-5,7H,6H2. The maximum absolute atomic E-state index is 4.20. The topological polar surface area (TPSA) is 25.8 Å². The van der Waals surface area contributed by atoms with Crippen molar-refractivity contribution in [2.24, 2.45) is 0 Å². The van der Waals surface area contributed by atoms with Gasteiger partial charge < -0.3 is 0 Å². The van der Waals surface area contributed by atoms with Crippen LogP contribution in [0.15, 0.2) is 36.1 Å². The Morgan fingerprint density at radius 3 is 3.00 bits per heavy atom. The molecule has 0 aliphatic rings. The highest BCUT2D eigenvalue weighted by molar-refractivity contribution is 7.09. The van der Waals surface area contributed by atoms with E-state index >= 15 is 0 Å². The summed E-state index contributed by atoms with van der Waals surface area (Å²) in [4.78, 5) is 8.24. The van der Waals surface area contributed by atoms with Crippen LogP contribution in [0.5, 0.6) is 0 Å². The molecule has 2 aromatic heterocycles. The first-order valence-electron chi connectivity index (χ1n) is 3.72. The van der Waals surface area contributed by atoms with Crippen molar-refractivity contribution < 1.29 is 0 Å². The molecule has 0 fully saturated rings. The lowest BCUT2D eigenvalue weighted by molar-refractivity contribution is 1.11. The van der Waals surface area contributed by atoms with Gasteiger partial charge in [-0.15, -0.1) is 11.3 Å². The molecule has 0 spiro atoms. The van der Waals surface area contributed by atoms with Gasteiger partial charge in [0, 0.05) is 30.4 Å². The van der Waals surface area contributed by atoms with E-state index < -0.39 is 0 Å². The fraction of sp³-hybridized carbons (Fsp3) is 0.111.